The zero-order valence-corrected chi connectivity index (χ0v) is 19.3. The van der Waals surface area contributed by atoms with Gasteiger partial charge in [0.2, 0.25) is 0 Å². The highest BCUT2D eigenvalue weighted by atomic mass is 32.2. The van der Waals surface area contributed by atoms with Crippen LogP contribution in [0.4, 0.5) is 0 Å². The van der Waals surface area contributed by atoms with Crippen LogP contribution in [-0.2, 0) is 29.9 Å². The Kier molecular flexibility index (Phi) is 5.77. The Balaban J connectivity index is 1.54. The van der Waals surface area contributed by atoms with E-state index in [2.05, 4.69) is 4.98 Å². The van der Waals surface area contributed by atoms with Crippen LogP contribution >= 0.6 is 23.1 Å². The molecular weight excluding hydrogens is 428 g/mol. The summed E-state index contributed by atoms with van der Waals surface area (Å²) in [5.41, 5.74) is 4.89. The van der Waals surface area contributed by atoms with Crippen molar-refractivity contribution in [2.24, 2.45) is 0 Å². The second kappa shape index (κ2) is 8.68. The summed E-state index contributed by atoms with van der Waals surface area (Å²) in [5, 5.41) is 1.55. The van der Waals surface area contributed by atoms with Gasteiger partial charge in [-0.3, -0.25) is 9.36 Å². The smallest absolute Gasteiger partial charge is 0.263 e. The van der Waals surface area contributed by atoms with Crippen molar-refractivity contribution in [1.82, 2.24) is 19.5 Å². The molecule has 1 aliphatic rings. The first kappa shape index (κ1) is 20.6. The first-order valence-electron chi connectivity index (χ1n) is 10.5. The SMILES string of the molecule is COCCn1c(SCc2nc3ccccc3nc2C)nc2sc3c(c2c1=O)CCCC3. The molecule has 0 amide bonds. The quantitative estimate of drug-likeness (QED) is 0.316. The Hall–Kier alpha value is -2.29. The highest BCUT2D eigenvalue weighted by molar-refractivity contribution is 7.98. The number of ether oxygens (including phenoxy) is 1. The van der Waals surface area contributed by atoms with Gasteiger partial charge in [0.25, 0.3) is 5.56 Å². The fraction of sp³-hybridized carbons (Fsp3) is 0.391. The Morgan fingerprint density at radius 1 is 1.13 bits per heavy atom. The molecule has 1 aliphatic carbocycles. The van der Waals surface area contributed by atoms with Gasteiger partial charge in [-0.2, -0.15) is 0 Å². The van der Waals surface area contributed by atoms with E-state index in [0.29, 0.717) is 18.9 Å². The van der Waals surface area contributed by atoms with Crippen LogP contribution in [0.2, 0.25) is 0 Å². The molecule has 0 atom stereocenters. The second-order valence-electron chi connectivity index (χ2n) is 7.77. The van der Waals surface area contributed by atoms with Gasteiger partial charge in [0.15, 0.2) is 5.16 Å². The molecule has 0 radical (unpaired) electrons. The average Bonchev–Trinajstić information content (AvgIpc) is 3.15. The molecule has 0 aliphatic heterocycles. The number of benzene rings is 1. The standard InChI is InChI=1S/C23H24N4O2S2/c1-14-18(25-17-9-5-4-8-16(17)24-14)13-30-23-26-21-20(22(28)27(23)11-12-29-2)15-7-3-6-10-19(15)31-21/h4-5,8-9H,3,6-7,10-13H2,1-2H3. The number of methoxy groups -OCH3 is 1. The third-order valence-corrected chi connectivity index (χ3v) is 7.91. The number of nitrogens with zero attached hydrogens (tertiary/aromatic N) is 4. The van der Waals surface area contributed by atoms with E-state index in [1.165, 1.54) is 16.9 Å². The first-order valence-corrected chi connectivity index (χ1v) is 12.3. The van der Waals surface area contributed by atoms with Crippen molar-refractivity contribution in [3.05, 3.63) is 56.4 Å². The molecule has 8 heteroatoms. The van der Waals surface area contributed by atoms with Gasteiger partial charge >= 0.3 is 0 Å². The van der Waals surface area contributed by atoms with Crippen molar-refractivity contribution in [3.8, 4) is 0 Å². The maximum Gasteiger partial charge on any atom is 0.263 e. The summed E-state index contributed by atoms with van der Waals surface area (Å²) in [6, 6.07) is 7.90. The van der Waals surface area contributed by atoms with Gasteiger partial charge < -0.3 is 4.74 Å². The van der Waals surface area contributed by atoms with Gasteiger partial charge in [-0.15, -0.1) is 11.3 Å². The van der Waals surface area contributed by atoms with Crippen LogP contribution in [-0.4, -0.2) is 33.2 Å². The fourth-order valence-electron chi connectivity index (χ4n) is 4.10. The van der Waals surface area contributed by atoms with Crippen molar-refractivity contribution < 1.29 is 4.74 Å². The summed E-state index contributed by atoms with van der Waals surface area (Å²) >= 11 is 3.24. The molecule has 0 N–H and O–H groups in total. The molecule has 0 saturated heterocycles. The number of para-hydroxylation sites is 2. The lowest BCUT2D eigenvalue weighted by molar-refractivity contribution is 0.183. The van der Waals surface area contributed by atoms with Crippen LogP contribution in [0.25, 0.3) is 21.3 Å². The number of aromatic nitrogens is 4. The molecule has 0 saturated carbocycles. The summed E-state index contributed by atoms with van der Waals surface area (Å²) in [7, 11) is 1.66. The Morgan fingerprint density at radius 2 is 1.90 bits per heavy atom. The zero-order chi connectivity index (χ0) is 21.4. The number of rotatable bonds is 6. The lowest BCUT2D eigenvalue weighted by atomic mass is 9.97. The number of fused-ring (bicyclic) bond motifs is 4. The monoisotopic (exact) mass is 452 g/mol. The highest BCUT2D eigenvalue weighted by Gasteiger charge is 2.22. The third kappa shape index (κ3) is 3.88. The fourth-order valence-corrected chi connectivity index (χ4v) is 6.44. The molecule has 6 nitrogen and oxygen atoms in total. The van der Waals surface area contributed by atoms with Gasteiger partial charge in [-0.1, -0.05) is 23.9 Å². The maximum atomic E-state index is 13.5. The molecule has 0 bridgehead atoms. The number of hydrogen-bond donors (Lipinski definition) is 0. The van der Waals surface area contributed by atoms with Crippen LogP contribution in [0.15, 0.2) is 34.2 Å². The summed E-state index contributed by atoms with van der Waals surface area (Å²) in [5.74, 6) is 0.611. The Labute approximate surface area is 188 Å². The van der Waals surface area contributed by atoms with Gasteiger partial charge in [-0.25, -0.2) is 15.0 Å². The van der Waals surface area contributed by atoms with Crippen LogP contribution < -0.4 is 5.56 Å². The molecule has 3 aromatic heterocycles. The molecular formula is C23H24N4O2S2. The summed E-state index contributed by atoms with van der Waals surface area (Å²) in [4.78, 5) is 30.1. The lowest BCUT2D eigenvalue weighted by Gasteiger charge is -2.13. The van der Waals surface area contributed by atoms with Crippen LogP contribution in [0, 0.1) is 6.92 Å². The molecule has 4 aromatic rings. The number of hydrogen-bond acceptors (Lipinski definition) is 7. The number of thiophene rings is 1. The Morgan fingerprint density at radius 3 is 2.71 bits per heavy atom. The minimum atomic E-state index is 0.0604. The third-order valence-electron chi connectivity index (χ3n) is 5.74. The van der Waals surface area contributed by atoms with Gasteiger partial charge in [0.1, 0.15) is 4.83 Å². The number of aryl methyl sites for hydroxylation is 3. The van der Waals surface area contributed by atoms with E-state index < -0.39 is 0 Å². The molecule has 31 heavy (non-hydrogen) atoms. The van der Waals surface area contributed by atoms with E-state index in [0.717, 1.165) is 57.1 Å². The van der Waals surface area contributed by atoms with Crippen molar-refractivity contribution in [3.63, 3.8) is 0 Å². The van der Waals surface area contributed by atoms with Crippen molar-refractivity contribution in [2.75, 3.05) is 13.7 Å². The van der Waals surface area contributed by atoms with Crippen LogP contribution in [0.5, 0.6) is 0 Å². The molecule has 3 heterocycles. The van der Waals surface area contributed by atoms with E-state index in [4.69, 9.17) is 14.7 Å². The van der Waals surface area contributed by atoms with E-state index >= 15 is 0 Å². The normalized spacial score (nSPS) is 13.7. The van der Waals surface area contributed by atoms with Gasteiger partial charge in [0.05, 0.1) is 41.0 Å². The molecule has 160 valence electrons. The molecule has 1 aromatic carbocycles. The zero-order valence-electron chi connectivity index (χ0n) is 17.7. The van der Waals surface area contributed by atoms with E-state index in [1.54, 1.807) is 34.8 Å². The average molecular weight is 453 g/mol. The van der Waals surface area contributed by atoms with Crippen molar-refractivity contribution >= 4 is 44.3 Å². The Bertz CT molecular complexity index is 1330. The summed E-state index contributed by atoms with van der Waals surface area (Å²) in [6.45, 7) is 2.95. The van der Waals surface area contributed by atoms with Gasteiger partial charge in [0, 0.05) is 17.7 Å². The van der Waals surface area contributed by atoms with Crippen molar-refractivity contribution in [1.29, 1.82) is 0 Å². The minimum Gasteiger partial charge on any atom is -0.383 e. The molecule has 0 spiro atoms. The molecule has 5 rings (SSSR count). The van der Waals surface area contributed by atoms with E-state index in [-0.39, 0.29) is 5.56 Å². The minimum absolute atomic E-state index is 0.0604. The van der Waals surface area contributed by atoms with Crippen LogP contribution in [0.1, 0.15) is 34.7 Å². The van der Waals surface area contributed by atoms with Crippen molar-refractivity contribution in [2.45, 2.75) is 50.1 Å². The molecule has 0 fully saturated rings. The summed E-state index contributed by atoms with van der Waals surface area (Å²) < 4.78 is 7.06. The predicted molar refractivity (Wildman–Crippen MR) is 126 cm³/mol. The second-order valence-corrected chi connectivity index (χ2v) is 9.79. The first-order chi connectivity index (χ1) is 15.2. The van der Waals surface area contributed by atoms with Gasteiger partial charge in [-0.05, 0) is 50.3 Å². The number of thioether (sulfide) groups is 1. The summed E-state index contributed by atoms with van der Waals surface area (Å²) in [6.07, 6.45) is 4.38. The maximum absolute atomic E-state index is 13.5. The van der Waals surface area contributed by atoms with E-state index in [1.807, 2.05) is 31.2 Å². The molecule has 0 unspecified atom stereocenters. The highest BCUT2D eigenvalue weighted by Crippen LogP contribution is 2.35. The lowest BCUT2D eigenvalue weighted by Crippen LogP contribution is -2.25. The largest absolute Gasteiger partial charge is 0.383 e. The van der Waals surface area contributed by atoms with E-state index in [9.17, 15) is 4.79 Å². The van der Waals surface area contributed by atoms with Crippen LogP contribution in [0.3, 0.4) is 0 Å². The topological polar surface area (TPSA) is 69.9 Å². The predicted octanol–water partition coefficient (Wildman–Crippen LogP) is 4.53.